The van der Waals surface area contributed by atoms with E-state index in [4.69, 9.17) is 14.2 Å². The van der Waals surface area contributed by atoms with Gasteiger partial charge in [-0.05, 0) is 42.8 Å². The van der Waals surface area contributed by atoms with Gasteiger partial charge in [0.05, 0.1) is 13.3 Å². The molecule has 0 heterocycles. The van der Waals surface area contributed by atoms with Crippen LogP contribution >= 0.6 is 0 Å². The van der Waals surface area contributed by atoms with Gasteiger partial charge >= 0.3 is 0 Å². The van der Waals surface area contributed by atoms with Crippen LogP contribution < -0.4 is 25.0 Å². The van der Waals surface area contributed by atoms with Crippen molar-refractivity contribution >= 4 is 18.0 Å². The molecule has 0 saturated carbocycles. The van der Waals surface area contributed by atoms with E-state index in [1.165, 1.54) is 31.5 Å². The van der Waals surface area contributed by atoms with Crippen molar-refractivity contribution in [3.8, 4) is 17.2 Å². The van der Waals surface area contributed by atoms with E-state index in [2.05, 4.69) is 15.8 Å². The lowest BCUT2D eigenvalue weighted by Gasteiger charge is -2.11. The first kappa shape index (κ1) is 21.7. The molecule has 9 heteroatoms. The molecule has 154 valence electrons. The van der Waals surface area contributed by atoms with Crippen molar-refractivity contribution in [1.82, 2.24) is 10.7 Å². The van der Waals surface area contributed by atoms with Crippen molar-refractivity contribution in [2.24, 2.45) is 5.10 Å². The predicted molar refractivity (Wildman–Crippen MR) is 105 cm³/mol. The fourth-order valence-corrected chi connectivity index (χ4v) is 2.19. The third-order valence-corrected chi connectivity index (χ3v) is 3.52. The smallest absolute Gasteiger partial charge is 0.277 e. The summed E-state index contributed by atoms with van der Waals surface area (Å²) in [7, 11) is 1.47. The minimum atomic E-state index is -0.551. The van der Waals surface area contributed by atoms with Crippen molar-refractivity contribution in [2.45, 2.75) is 6.92 Å². The molecule has 0 aliphatic rings. The third-order valence-electron chi connectivity index (χ3n) is 3.52. The Morgan fingerprint density at radius 3 is 2.48 bits per heavy atom. The highest BCUT2D eigenvalue weighted by atomic mass is 19.1. The molecule has 0 aliphatic carbocycles. The number of rotatable bonds is 10. The molecule has 2 rings (SSSR count). The van der Waals surface area contributed by atoms with E-state index in [-0.39, 0.29) is 24.9 Å². The molecule has 8 nitrogen and oxygen atoms in total. The van der Waals surface area contributed by atoms with Crippen LogP contribution in [0.4, 0.5) is 4.39 Å². The number of hydrogen-bond donors (Lipinski definition) is 2. The number of hydrogen-bond acceptors (Lipinski definition) is 6. The molecule has 0 aromatic heterocycles. The number of carbonyl (C=O) groups is 2. The Labute approximate surface area is 167 Å². The van der Waals surface area contributed by atoms with Gasteiger partial charge in [-0.1, -0.05) is 12.1 Å². The summed E-state index contributed by atoms with van der Waals surface area (Å²) in [5.41, 5.74) is 2.91. The van der Waals surface area contributed by atoms with Crippen molar-refractivity contribution in [1.29, 1.82) is 0 Å². The molecule has 2 aromatic rings. The van der Waals surface area contributed by atoms with Crippen LogP contribution in [0.5, 0.6) is 17.2 Å². The standard InChI is InChI=1S/C20H22FN3O5/c1-3-22-19(25)12-29-17-9-8-14(10-18(17)27-2)11-23-24-20(26)13-28-16-7-5-4-6-15(16)21/h4-11H,3,12-13H2,1-2H3,(H,22,25)(H,24,26)/b23-11-. The molecular weight excluding hydrogens is 381 g/mol. The Balaban J connectivity index is 1.87. The molecule has 0 unspecified atom stereocenters. The zero-order valence-corrected chi connectivity index (χ0v) is 16.1. The van der Waals surface area contributed by atoms with Gasteiger partial charge in [-0.3, -0.25) is 9.59 Å². The molecule has 0 atom stereocenters. The lowest BCUT2D eigenvalue weighted by atomic mass is 10.2. The number of amides is 2. The minimum Gasteiger partial charge on any atom is -0.493 e. The molecule has 2 amide bonds. The summed E-state index contributed by atoms with van der Waals surface area (Å²) in [6.07, 6.45) is 1.40. The highest BCUT2D eigenvalue weighted by Crippen LogP contribution is 2.27. The predicted octanol–water partition coefficient (Wildman–Crippen LogP) is 1.88. The largest absolute Gasteiger partial charge is 0.493 e. The molecule has 0 fully saturated rings. The Morgan fingerprint density at radius 1 is 1.03 bits per heavy atom. The van der Waals surface area contributed by atoms with E-state index in [1.54, 1.807) is 24.3 Å². The molecule has 2 N–H and O–H groups in total. The number of nitrogens with one attached hydrogen (secondary N) is 2. The van der Waals surface area contributed by atoms with Gasteiger partial charge in [0.25, 0.3) is 11.8 Å². The molecule has 29 heavy (non-hydrogen) atoms. The zero-order valence-electron chi connectivity index (χ0n) is 16.1. The number of ether oxygens (including phenoxy) is 3. The second-order valence-corrected chi connectivity index (χ2v) is 5.66. The minimum absolute atomic E-state index is 0.0143. The zero-order chi connectivity index (χ0) is 21.1. The average Bonchev–Trinajstić information content (AvgIpc) is 2.72. The quantitative estimate of drug-likeness (QED) is 0.466. The maximum absolute atomic E-state index is 13.4. The van der Waals surface area contributed by atoms with E-state index in [0.29, 0.717) is 23.6 Å². The van der Waals surface area contributed by atoms with Gasteiger partial charge in [0.1, 0.15) is 0 Å². The lowest BCUT2D eigenvalue weighted by molar-refractivity contribution is -0.123. The van der Waals surface area contributed by atoms with E-state index in [1.807, 2.05) is 6.92 Å². The number of methoxy groups -OCH3 is 1. The molecule has 0 bridgehead atoms. The number of para-hydroxylation sites is 1. The fourth-order valence-electron chi connectivity index (χ4n) is 2.19. The first-order valence-corrected chi connectivity index (χ1v) is 8.80. The summed E-state index contributed by atoms with van der Waals surface area (Å²) in [5, 5.41) is 6.45. The normalized spacial score (nSPS) is 10.4. The molecule has 0 aliphatic heterocycles. The second kappa shape index (κ2) is 11.3. The van der Waals surface area contributed by atoms with Gasteiger partial charge in [0.15, 0.2) is 36.3 Å². The SMILES string of the molecule is CCNC(=O)COc1ccc(/C=N\NC(=O)COc2ccccc2F)cc1OC. The maximum atomic E-state index is 13.4. The third kappa shape index (κ3) is 7.13. The topological polar surface area (TPSA) is 98.2 Å². The number of nitrogens with zero attached hydrogens (tertiary/aromatic N) is 1. The number of halogens is 1. The van der Waals surface area contributed by atoms with Gasteiger partial charge in [-0.2, -0.15) is 5.10 Å². The van der Waals surface area contributed by atoms with E-state index in [9.17, 15) is 14.0 Å². The fraction of sp³-hybridized carbons (Fsp3) is 0.250. The van der Waals surface area contributed by atoms with Crippen LogP contribution in [-0.2, 0) is 9.59 Å². The van der Waals surface area contributed by atoms with E-state index >= 15 is 0 Å². The Kier molecular flexibility index (Phi) is 8.43. The lowest BCUT2D eigenvalue weighted by Crippen LogP contribution is -2.28. The summed E-state index contributed by atoms with van der Waals surface area (Å²) in [6.45, 7) is 1.83. The highest BCUT2D eigenvalue weighted by Gasteiger charge is 2.08. The molecular formula is C20H22FN3O5. The molecule has 0 radical (unpaired) electrons. The van der Waals surface area contributed by atoms with Crippen LogP contribution in [0.1, 0.15) is 12.5 Å². The summed E-state index contributed by atoms with van der Waals surface area (Å²) in [6, 6.07) is 10.7. The monoisotopic (exact) mass is 403 g/mol. The van der Waals surface area contributed by atoms with Crippen molar-refractivity contribution in [2.75, 3.05) is 26.9 Å². The van der Waals surface area contributed by atoms with Crippen molar-refractivity contribution < 1.29 is 28.2 Å². The number of likely N-dealkylation sites (N-methyl/N-ethyl adjacent to an activating group) is 1. The molecule has 0 saturated heterocycles. The van der Waals surface area contributed by atoms with Crippen molar-refractivity contribution in [3.63, 3.8) is 0 Å². The van der Waals surface area contributed by atoms with Crippen LogP contribution in [0.3, 0.4) is 0 Å². The number of benzene rings is 2. The Bertz CT molecular complexity index is 873. The van der Waals surface area contributed by atoms with Crippen LogP contribution in [0, 0.1) is 5.82 Å². The molecule has 0 spiro atoms. The van der Waals surface area contributed by atoms with E-state index < -0.39 is 11.7 Å². The van der Waals surface area contributed by atoms with Crippen LogP contribution in [0.2, 0.25) is 0 Å². The van der Waals surface area contributed by atoms with Gasteiger partial charge in [0.2, 0.25) is 0 Å². The Hall–Kier alpha value is -3.62. The number of carbonyl (C=O) groups excluding carboxylic acids is 2. The van der Waals surface area contributed by atoms with Gasteiger partial charge in [0, 0.05) is 6.54 Å². The van der Waals surface area contributed by atoms with Crippen LogP contribution in [-0.4, -0.2) is 44.9 Å². The van der Waals surface area contributed by atoms with Gasteiger partial charge in [-0.25, -0.2) is 9.82 Å². The van der Waals surface area contributed by atoms with Gasteiger partial charge in [-0.15, -0.1) is 0 Å². The van der Waals surface area contributed by atoms with E-state index in [0.717, 1.165) is 0 Å². The summed E-state index contributed by atoms with van der Waals surface area (Å²) >= 11 is 0. The van der Waals surface area contributed by atoms with Crippen LogP contribution in [0.15, 0.2) is 47.6 Å². The second-order valence-electron chi connectivity index (χ2n) is 5.66. The average molecular weight is 403 g/mol. The van der Waals surface area contributed by atoms with Crippen molar-refractivity contribution in [3.05, 3.63) is 53.8 Å². The summed E-state index contributed by atoms with van der Waals surface area (Å²) < 4.78 is 29.2. The summed E-state index contributed by atoms with van der Waals surface area (Å²) in [5.74, 6) is -0.533. The van der Waals surface area contributed by atoms with Crippen LogP contribution in [0.25, 0.3) is 0 Å². The summed E-state index contributed by atoms with van der Waals surface area (Å²) in [4.78, 5) is 23.2. The van der Waals surface area contributed by atoms with Gasteiger partial charge < -0.3 is 19.5 Å². The Morgan fingerprint density at radius 2 is 1.76 bits per heavy atom. The maximum Gasteiger partial charge on any atom is 0.277 e. The molecule has 2 aromatic carbocycles. The first-order valence-electron chi connectivity index (χ1n) is 8.80. The number of hydrazone groups is 1. The highest BCUT2D eigenvalue weighted by molar-refractivity contribution is 5.83. The first-order chi connectivity index (χ1) is 14.0.